The van der Waals surface area contributed by atoms with Crippen molar-refractivity contribution < 1.29 is 31.5 Å². The fraction of sp³-hybridized carbons (Fsp3) is 0.371. The Morgan fingerprint density at radius 2 is 1.92 bits per heavy atom. The standard InChI is InChI=1S/C35H30ClF5N6O2/c1-20(37)32(48)47-14-13-45(16-22(47)9-11-42)31-24-15-25(36)28(23-7-2-5-21-6-3-8-26(38)27(21)23)29(39)30(24)43-33(44-31)49-19-34-10-4-12-46(34)18-35(40,41)17-34/h2-3,5-8,15,22H,1,4,9-10,12-14,16-19H2/t22-,34-/m0/s1. The predicted octanol–water partition coefficient (Wildman–Crippen LogP) is 7.05. The Labute approximate surface area is 283 Å². The molecule has 254 valence electrons. The largest absolute Gasteiger partial charge is 0.461 e. The first-order valence-electron chi connectivity index (χ1n) is 15.8. The number of amides is 1. The molecule has 4 aromatic rings. The van der Waals surface area contributed by atoms with Gasteiger partial charge in [-0.25, -0.2) is 22.0 Å². The molecule has 0 N–H and O–H groups in total. The van der Waals surface area contributed by atoms with E-state index in [-0.39, 0.29) is 83.5 Å². The number of halogens is 6. The average Bonchev–Trinajstić information content (AvgIpc) is 3.55. The normalized spacial score (nSPS) is 22.0. The molecule has 3 aliphatic rings. The summed E-state index contributed by atoms with van der Waals surface area (Å²) < 4.78 is 81.0. The number of rotatable bonds is 7. The number of nitriles is 1. The number of hydrogen-bond acceptors (Lipinski definition) is 7. The van der Waals surface area contributed by atoms with Crippen LogP contribution in [0.1, 0.15) is 25.7 Å². The van der Waals surface area contributed by atoms with E-state index in [4.69, 9.17) is 16.3 Å². The first-order chi connectivity index (χ1) is 23.4. The molecule has 0 aliphatic carbocycles. The van der Waals surface area contributed by atoms with Gasteiger partial charge in [-0.2, -0.15) is 15.2 Å². The van der Waals surface area contributed by atoms with Crippen LogP contribution >= 0.6 is 11.6 Å². The van der Waals surface area contributed by atoms with Crippen molar-refractivity contribution in [2.45, 2.75) is 43.2 Å². The Morgan fingerprint density at radius 3 is 2.67 bits per heavy atom. The summed E-state index contributed by atoms with van der Waals surface area (Å²) in [5.41, 5.74) is -1.05. The maximum absolute atomic E-state index is 16.9. The van der Waals surface area contributed by atoms with Crippen molar-refractivity contribution >= 4 is 45.0 Å². The van der Waals surface area contributed by atoms with Gasteiger partial charge < -0.3 is 14.5 Å². The van der Waals surface area contributed by atoms with Crippen molar-refractivity contribution in [2.75, 3.05) is 44.2 Å². The van der Waals surface area contributed by atoms with E-state index in [1.54, 1.807) is 40.1 Å². The molecule has 7 rings (SSSR count). The first-order valence-corrected chi connectivity index (χ1v) is 16.2. The summed E-state index contributed by atoms with van der Waals surface area (Å²) in [5, 5.41) is 10.3. The third kappa shape index (κ3) is 5.80. The summed E-state index contributed by atoms with van der Waals surface area (Å²) >= 11 is 6.77. The Kier molecular flexibility index (Phi) is 8.35. The highest BCUT2D eigenvalue weighted by Crippen LogP contribution is 2.47. The van der Waals surface area contributed by atoms with Crippen molar-refractivity contribution in [2.24, 2.45) is 0 Å². The van der Waals surface area contributed by atoms with Gasteiger partial charge in [-0.15, -0.1) is 0 Å². The smallest absolute Gasteiger partial charge is 0.319 e. The molecule has 0 bridgehead atoms. The Balaban J connectivity index is 1.35. The molecule has 3 saturated heterocycles. The number of hydrogen-bond donors (Lipinski definition) is 0. The van der Waals surface area contributed by atoms with Crippen LogP contribution in [-0.4, -0.2) is 82.5 Å². The van der Waals surface area contributed by atoms with E-state index >= 15 is 8.78 Å². The van der Waals surface area contributed by atoms with Crippen LogP contribution < -0.4 is 9.64 Å². The summed E-state index contributed by atoms with van der Waals surface area (Å²) in [6.45, 7) is 3.15. The number of anilines is 1. The zero-order valence-electron chi connectivity index (χ0n) is 26.2. The number of benzene rings is 3. The second-order valence-corrected chi connectivity index (χ2v) is 13.3. The van der Waals surface area contributed by atoms with Gasteiger partial charge in [0, 0.05) is 42.4 Å². The molecule has 14 heteroatoms. The SMILES string of the molecule is C=C(F)C(=O)N1CCN(c2nc(OC[C@@]34CCCN3CC(F)(F)C4)nc3c(F)c(-c4cccc5cccc(F)c45)c(Cl)cc23)C[C@@H]1CC#N. The third-order valence-electron chi connectivity index (χ3n) is 9.79. The van der Waals surface area contributed by atoms with Crippen molar-refractivity contribution in [3.63, 3.8) is 0 Å². The summed E-state index contributed by atoms with van der Waals surface area (Å²) in [7, 11) is 0. The molecule has 8 nitrogen and oxygen atoms in total. The van der Waals surface area contributed by atoms with Crippen LogP contribution in [0, 0.1) is 23.0 Å². The predicted molar refractivity (Wildman–Crippen MR) is 174 cm³/mol. The van der Waals surface area contributed by atoms with Crippen LogP contribution in [0.5, 0.6) is 6.01 Å². The molecule has 2 atom stereocenters. The van der Waals surface area contributed by atoms with Crippen LogP contribution in [0.3, 0.4) is 0 Å². The quantitative estimate of drug-likeness (QED) is 0.151. The first kappa shape index (κ1) is 33.0. The van der Waals surface area contributed by atoms with Gasteiger partial charge in [0.15, 0.2) is 11.6 Å². The van der Waals surface area contributed by atoms with Crippen molar-refractivity contribution in [3.05, 3.63) is 71.5 Å². The second kappa shape index (κ2) is 12.4. The van der Waals surface area contributed by atoms with Gasteiger partial charge in [0.2, 0.25) is 0 Å². The zero-order valence-corrected chi connectivity index (χ0v) is 26.9. The lowest BCUT2D eigenvalue weighted by Crippen LogP contribution is -2.55. The molecular formula is C35H30ClF5N6O2. The van der Waals surface area contributed by atoms with E-state index in [0.29, 0.717) is 18.4 Å². The average molecular weight is 697 g/mol. The number of ether oxygens (including phenoxy) is 1. The van der Waals surface area contributed by atoms with Gasteiger partial charge in [0.25, 0.3) is 11.8 Å². The van der Waals surface area contributed by atoms with Gasteiger partial charge in [0.1, 0.15) is 23.8 Å². The number of nitrogens with zero attached hydrogens (tertiary/aromatic N) is 6. The lowest BCUT2D eigenvalue weighted by molar-refractivity contribution is -0.131. The molecule has 0 unspecified atom stereocenters. The maximum Gasteiger partial charge on any atom is 0.319 e. The number of carbonyl (C=O) groups is 1. The topological polar surface area (TPSA) is 85.6 Å². The lowest BCUT2D eigenvalue weighted by atomic mass is 9.94. The molecule has 0 radical (unpaired) electrons. The minimum atomic E-state index is -2.89. The van der Waals surface area contributed by atoms with Gasteiger partial charge in [0.05, 0.1) is 35.6 Å². The summed E-state index contributed by atoms with van der Waals surface area (Å²) in [5.74, 6) is -6.28. The van der Waals surface area contributed by atoms with Crippen LogP contribution in [0.2, 0.25) is 5.02 Å². The van der Waals surface area contributed by atoms with Crippen LogP contribution in [0.25, 0.3) is 32.8 Å². The number of alkyl halides is 2. The van der Waals surface area contributed by atoms with Gasteiger partial charge in [-0.1, -0.05) is 48.5 Å². The fourth-order valence-corrected chi connectivity index (χ4v) is 7.93. The molecule has 3 fully saturated rings. The molecule has 0 saturated carbocycles. The Morgan fingerprint density at radius 1 is 1.14 bits per heavy atom. The van der Waals surface area contributed by atoms with E-state index in [0.717, 1.165) is 6.42 Å². The van der Waals surface area contributed by atoms with E-state index in [1.165, 1.54) is 17.0 Å². The summed E-state index contributed by atoms with van der Waals surface area (Å²) in [6.07, 6.45) is 0.665. The van der Waals surface area contributed by atoms with E-state index in [2.05, 4.69) is 16.5 Å². The Bertz CT molecular complexity index is 2050. The van der Waals surface area contributed by atoms with Crippen LogP contribution in [0.4, 0.5) is 27.8 Å². The van der Waals surface area contributed by atoms with Crippen molar-refractivity contribution in [1.29, 1.82) is 5.26 Å². The third-order valence-corrected chi connectivity index (χ3v) is 10.1. The molecule has 49 heavy (non-hydrogen) atoms. The molecule has 4 heterocycles. The van der Waals surface area contributed by atoms with Crippen LogP contribution in [-0.2, 0) is 4.79 Å². The van der Waals surface area contributed by atoms with E-state index in [1.807, 2.05) is 6.07 Å². The van der Waals surface area contributed by atoms with E-state index in [9.17, 15) is 23.2 Å². The molecule has 0 spiro atoms. The van der Waals surface area contributed by atoms with Crippen molar-refractivity contribution in [1.82, 2.24) is 19.8 Å². The highest BCUT2D eigenvalue weighted by molar-refractivity contribution is 6.35. The summed E-state index contributed by atoms with van der Waals surface area (Å²) in [4.78, 5) is 26.2. The molecule has 3 aliphatic heterocycles. The zero-order chi connectivity index (χ0) is 34.7. The minimum Gasteiger partial charge on any atom is -0.461 e. The van der Waals surface area contributed by atoms with Gasteiger partial charge >= 0.3 is 6.01 Å². The second-order valence-electron chi connectivity index (χ2n) is 12.9. The number of carbonyl (C=O) groups excluding carboxylic acids is 1. The maximum atomic E-state index is 16.9. The van der Waals surface area contributed by atoms with Crippen LogP contribution in [0.15, 0.2) is 54.9 Å². The van der Waals surface area contributed by atoms with Gasteiger partial charge in [-0.05, 0) is 42.5 Å². The molecule has 1 aromatic heterocycles. The number of piperazine rings is 1. The molecular weight excluding hydrogens is 667 g/mol. The lowest BCUT2D eigenvalue weighted by Gasteiger charge is -2.41. The molecule has 3 aromatic carbocycles. The summed E-state index contributed by atoms with van der Waals surface area (Å²) in [6, 6.07) is 11.8. The minimum absolute atomic E-state index is 0.00740. The molecule has 1 amide bonds. The monoisotopic (exact) mass is 696 g/mol. The number of aromatic nitrogens is 2. The van der Waals surface area contributed by atoms with E-state index < -0.39 is 47.3 Å². The number of fused-ring (bicyclic) bond motifs is 3. The fourth-order valence-electron chi connectivity index (χ4n) is 7.64. The highest BCUT2D eigenvalue weighted by atomic mass is 35.5. The Hall–Kier alpha value is -4.54. The van der Waals surface area contributed by atoms with Crippen molar-refractivity contribution in [3.8, 4) is 23.2 Å². The highest BCUT2D eigenvalue weighted by Gasteiger charge is 2.57. The van der Waals surface area contributed by atoms with Gasteiger partial charge in [-0.3, -0.25) is 9.69 Å².